The number of carbonyl (C=O) groups is 1. The van der Waals surface area contributed by atoms with E-state index in [1.807, 2.05) is 13.8 Å². The molecule has 1 aromatic rings. The summed E-state index contributed by atoms with van der Waals surface area (Å²) in [6, 6.07) is 8.96. The highest BCUT2D eigenvalue weighted by molar-refractivity contribution is 5.90. The first-order chi connectivity index (χ1) is 8.72. The first-order valence-electron chi connectivity index (χ1n) is 6.28. The summed E-state index contributed by atoms with van der Waals surface area (Å²) in [5.41, 5.74) is 1.06. The van der Waals surface area contributed by atoms with Gasteiger partial charge in [-0.2, -0.15) is 5.26 Å². The number of nitrogens with one attached hydrogen (secondary N) is 1. The van der Waals surface area contributed by atoms with Gasteiger partial charge in [-0.05, 0) is 25.0 Å². The van der Waals surface area contributed by atoms with Crippen LogP contribution < -0.4 is 5.32 Å². The van der Waals surface area contributed by atoms with E-state index < -0.39 is 0 Å². The largest absolute Gasteiger partial charge is 0.325 e. The van der Waals surface area contributed by atoms with Crippen molar-refractivity contribution in [3.8, 4) is 6.07 Å². The number of carbonyl (C=O) groups excluding carboxylic acids is 1. The third-order valence-corrected chi connectivity index (χ3v) is 2.56. The molecule has 96 valence electrons. The number of hydrogen-bond donors (Lipinski definition) is 1. The zero-order valence-corrected chi connectivity index (χ0v) is 10.9. The molecule has 4 heteroatoms. The quantitative estimate of drug-likeness (QED) is 0.866. The number of anilines is 1. The van der Waals surface area contributed by atoms with Gasteiger partial charge in [0.15, 0.2) is 0 Å². The average molecular weight is 245 g/mol. The minimum Gasteiger partial charge on any atom is -0.325 e. The molecule has 1 rings (SSSR count). The highest BCUT2D eigenvalue weighted by Gasteiger charge is 2.12. The first-order valence-corrected chi connectivity index (χ1v) is 6.28. The summed E-state index contributed by atoms with van der Waals surface area (Å²) in [7, 11) is 0. The van der Waals surface area contributed by atoms with Crippen molar-refractivity contribution in [2.45, 2.75) is 26.7 Å². The van der Waals surface area contributed by atoms with Gasteiger partial charge in [-0.3, -0.25) is 0 Å². The Morgan fingerprint density at radius 2 is 1.89 bits per heavy atom. The van der Waals surface area contributed by atoms with Crippen LogP contribution in [0.1, 0.15) is 32.3 Å². The van der Waals surface area contributed by atoms with Crippen molar-refractivity contribution in [1.29, 1.82) is 5.26 Å². The molecule has 0 saturated carbocycles. The fourth-order valence-corrected chi connectivity index (χ4v) is 1.74. The van der Waals surface area contributed by atoms with Gasteiger partial charge in [-0.1, -0.05) is 26.0 Å². The van der Waals surface area contributed by atoms with Crippen molar-refractivity contribution < 1.29 is 4.79 Å². The molecule has 1 N–H and O–H groups in total. The lowest BCUT2D eigenvalue weighted by Gasteiger charge is -2.22. The summed E-state index contributed by atoms with van der Waals surface area (Å²) >= 11 is 0. The molecular formula is C14H19N3O. The molecule has 0 spiro atoms. The van der Waals surface area contributed by atoms with Gasteiger partial charge in [0.1, 0.15) is 6.07 Å². The van der Waals surface area contributed by atoms with Crippen LogP contribution in [-0.2, 0) is 0 Å². The van der Waals surface area contributed by atoms with Crippen LogP contribution in [0.5, 0.6) is 0 Å². The van der Waals surface area contributed by atoms with E-state index in [1.54, 1.807) is 29.2 Å². The standard InChI is InChI=1S/C14H19N3O/c1-3-9-17(10-4-2)14(18)16-13-8-6-5-7-12(13)11-15/h5-8H,3-4,9-10H2,1-2H3,(H,16,18). The van der Waals surface area contributed by atoms with Crippen molar-refractivity contribution in [2.75, 3.05) is 18.4 Å². The first kappa shape index (κ1) is 14.0. The SMILES string of the molecule is CCCN(CCC)C(=O)Nc1ccccc1C#N. The topological polar surface area (TPSA) is 56.1 Å². The number of urea groups is 1. The van der Waals surface area contributed by atoms with Crippen LogP contribution in [0.15, 0.2) is 24.3 Å². The molecule has 0 saturated heterocycles. The molecule has 4 nitrogen and oxygen atoms in total. The Kier molecular flexibility index (Phi) is 5.72. The number of rotatable bonds is 5. The summed E-state index contributed by atoms with van der Waals surface area (Å²) in [5.74, 6) is 0. The van der Waals surface area contributed by atoms with Gasteiger partial charge >= 0.3 is 6.03 Å². The third-order valence-electron chi connectivity index (χ3n) is 2.56. The molecule has 0 fully saturated rings. The lowest BCUT2D eigenvalue weighted by atomic mass is 10.2. The molecule has 0 heterocycles. The second-order valence-corrected chi connectivity index (χ2v) is 4.07. The number of nitriles is 1. The van der Waals surface area contributed by atoms with Crippen molar-refractivity contribution >= 4 is 11.7 Å². The Morgan fingerprint density at radius 3 is 2.44 bits per heavy atom. The minimum atomic E-state index is -0.138. The van der Waals surface area contributed by atoms with Crippen LogP contribution in [0.2, 0.25) is 0 Å². The predicted molar refractivity (Wildman–Crippen MR) is 72.3 cm³/mol. The smallest absolute Gasteiger partial charge is 0.321 e. The summed E-state index contributed by atoms with van der Waals surface area (Å²) in [6.45, 7) is 5.54. The van der Waals surface area contributed by atoms with Crippen molar-refractivity contribution in [3.05, 3.63) is 29.8 Å². The minimum absolute atomic E-state index is 0.138. The van der Waals surface area contributed by atoms with Gasteiger partial charge in [0.25, 0.3) is 0 Å². The van der Waals surface area contributed by atoms with Gasteiger partial charge in [0.2, 0.25) is 0 Å². The number of nitrogens with zero attached hydrogens (tertiary/aromatic N) is 2. The van der Waals surface area contributed by atoms with E-state index in [0.717, 1.165) is 25.9 Å². The second kappa shape index (κ2) is 7.33. The lowest BCUT2D eigenvalue weighted by Crippen LogP contribution is -2.36. The molecule has 1 aromatic carbocycles. The highest BCUT2D eigenvalue weighted by atomic mass is 16.2. The van der Waals surface area contributed by atoms with E-state index in [2.05, 4.69) is 11.4 Å². The Morgan fingerprint density at radius 1 is 1.28 bits per heavy atom. The summed E-state index contributed by atoms with van der Waals surface area (Å²) < 4.78 is 0. The molecule has 18 heavy (non-hydrogen) atoms. The van der Waals surface area contributed by atoms with E-state index >= 15 is 0 Å². The van der Waals surface area contributed by atoms with Crippen LogP contribution >= 0.6 is 0 Å². The van der Waals surface area contributed by atoms with Crippen molar-refractivity contribution in [2.24, 2.45) is 0 Å². The third kappa shape index (κ3) is 3.77. The maximum atomic E-state index is 12.1. The maximum absolute atomic E-state index is 12.1. The Hall–Kier alpha value is -2.02. The van der Waals surface area contributed by atoms with E-state index in [9.17, 15) is 4.79 Å². The maximum Gasteiger partial charge on any atom is 0.321 e. The second-order valence-electron chi connectivity index (χ2n) is 4.07. The highest BCUT2D eigenvalue weighted by Crippen LogP contribution is 2.14. The van der Waals surface area contributed by atoms with Gasteiger partial charge in [-0.25, -0.2) is 4.79 Å². The molecule has 0 aliphatic heterocycles. The molecule has 0 aliphatic carbocycles. The van der Waals surface area contributed by atoms with Crippen molar-refractivity contribution in [1.82, 2.24) is 4.90 Å². The van der Waals surface area contributed by atoms with Crippen LogP contribution in [0.4, 0.5) is 10.5 Å². The van der Waals surface area contributed by atoms with Gasteiger partial charge < -0.3 is 10.2 Å². The molecule has 0 radical (unpaired) electrons. The molecule has 0 aromatic heterocycles. The lowest BCUT2D eigenvalue weighted by molar-refractivity contribution is 0.211. The number of hydrogen-bond acceptors (Lipinski definition) is 2. The van der Waals surface area contributed by atoms with Gasteiger partial charge in [-0.15, -0.1) is 0 Å². The van der Waals surface area contributed by atoms with Crippen LogP contribution in [0.25, 0.3) is 0 Å². The number of para-hydroxylation sites is 1. The molecule has 0 bridgehead atoms. The zero-order valence-electron chi connectivity index (χ0n) is 10.9. The Labute approximate surface area is 108 Å². The fourth-order valence-electron chi connectivity index (χ4n) is 1.74. The molecular weight excluding hydrogens is 226 g/mol. The zero-order chi connectivity index (χ0) is 13.4. The Bertz CT molecular complexity index is 431. The fraction of sp³-hybridized carbons (Fsp3) is 0.429. The molecule has 0 aliphatic rings. The van der Waals surface area contributed by atoms with E-state index in [1.165, 1.54) is 0 Å². The normalized spacial score (nSPS) is 9.61. The summed E-state index contributed by atoms with van der Waals surface area (Å²) in [5, 5.41) is 11.8. The monoisotopic (exact) mass is 245 g/mol. The van der Waals surface area contributed by atoms with E-state index in [-0.39, 0.29) is 6.03 Å². The molecule has 2 amide bonds. The van der Waals surface area contributed by atoms with Crippen molar-refractivity contribution in [3.63, 3.8) is 0 Å². The van der Waals surface area contributed by atoms with Crippen LogP contribution in [0.3, 0.4) is 0 Å². The average Bonchev–Trinajstić information content (AvgIpc) is 2.39. The molecule has 0 atom stereocenters. The van der Waals surface area contributed by atoms with E-state index in [0.29, 0.717) is 11.3 Å². The summed E-state index contributed by atoms with van der Waals surface area (Å²) in [6.07, 6.45) is 1.85. The number of benzene rings is 1. The number of amides is 2. The van der Waals surface area contributed by atoms with Gasteiger partial charge in [0.05, 0.1) is 11.3 Å². The van der Waals surface area contributed by atoms with Crippen LogP contribution in [0, 0.1) is 11.3 Å². The Balaban J connectivity index is 2.76. The summed E-state index contributed by atoms with van der Waals surface area (Å²) in [4.78, 5) is 13.8. The van der Waals surface area contributed by atoms with Crippen LogP contribution in [-0.4, -0.2) is 24.0 Å². The van der Waals surface area contributed by atoms with E-state index in [4.69, 9.17) is 5.26 Å². The molecule has 0 unspecified atom stereocenters. The van der Waals surface area contributed by atoms with Gasteiger partial charge in [0, 0.05) is 13.1 Å². The predicted octanol–water partition coefficient (Wildman–Crippen LogP) is 3.21.